The standard InChI is InChI=1S/C19H36N4O3.C2HF3O2/c1-5-23(12-17(24)25)16-9-15(10-16)21-18(26)20-13-19(22(3)4)8-6-7-14(2)11-19;3-2(4,5)1(6)7/h14-16H,5-13H2,1-4H3,(H,24,25)(H2,20,21,26);(H,6,7). The minimum atomic E-state index is -5.08. The van der Waals surface area contributed by atoms with Gasteiger partial charge in [-0.1, -0.05) is 26.7 Å². The molecular weight excluding hydrogens is 445 g/mol. The fraction of sp³-hybridized carbons (Fsp3) is 0.857. The van der Waals surface area contributed by atoms with Crippen LogP contribution in [0, 0.1) is 5.92 Å². The molecule has 0 bridgehead atoms. The SMILES string of the molecule is CCN(CC(=O)O)C1CC(NC(=O)NCC2(N(C)C)CCCC(C)C2)C1.O=C(O)C(F)(F)F. The zero-order valence-corrected chi connectivity index (χ0v) is 19.7. The summed E-state index contributed by atoms with van der Waals surface area (Å²) >= 11 is 0. The summed E-state index contributed by atoms with van der Waals surface area (Å²) in [5, 5.41) is 22.2. The van der Waals surface area contributed by atoms with Crippen molar-refractivity contribution in [1.82, 2.24) is 20.4 Å². The number of alkyl halides is 3. The van der Waals surface area contributed by atoms with Crippen molar-refractivity contribution in [3.63, 3.8) is 0 Å². The molecule has 2 saturated carbocycles. The van der Waals surface area contributed by atoms with Gasteiger partial charge in [0.15, 0.2) is 0 Å². The number of urea groups is 1. The van der Waals surface area contributed by atoms with Crippen LogP contribution >= 0.6 is 0 Å². The van der Waals surface area contributed by atoms with E-state index in [-0.39, 0.29) is 30.2 Å². The van der Waals surface area contributed by atoms with Crippen LogP contribution in [0.5, 0.6) is 0 Å². The van der Waals surface area contributed by atoms with Crippen molar-refractivity contribution in [3.8, 4) is 0 Å². The summed E-state index contributed by atoms with van der Waals surface area (Å²) in [6, 6.07) is 0.298. The summed E-state index contributed by atoms with van der Waals surface area (Å²) in [4.78, 5) is 36.3. The minimum absolute atomic E-state index is 0.0532. The molecule has 12 heteroatoms. The highest BCUT2D eigenvalue weighted by Gasteiger charge is 2.39. The maximum absolute atomic E-state index is 12.3. The van der Waals surface area contributed by atoms with Crippen LogP contribution < -0.4 is 10.6 Å². The molecule has 2 unspecified atom stereocenters. The van der Waals surface area contributed by atoms with Crippen molar-refractivity contribution in [1.29, 1.82) is 0 Å². The fourth-order valence-electron chi connectivity index (χ4n) is 4.52. The summed E-state index contributed by atoms with van der Waals surface area (Å²) in [5.41, 5.74) is 0.0532. The highest BCUT2D eigenvalue weighted by Crippen LogP contribution is 2.35. The van der Waals surface area contributed by atoms with E-state index < -0.39 is 18.1 Å². The normalized spacial score (nSPS) is 27.2. The Morgan fingerprint density at radius 3 is 2.15 bits per heavy atom. The van der Waals surface area contributed by atoms with Crippen molar-refractivity contribution in [2.75, 3.05) is 33.7 Å². The van der Waals surface area contributed by atoms with E-state index in [1.807, 2.05) is 11.8 Å². The average Bonchev–Trinajstić information content (AvgIpc) is 2.66. The second-order valence-electron chi connectivity index (χ2n) is 9.23. The van der Waals surface area contributed by atoms with Crippen molar-refractivity contribution >= 4 is 18.0 Å². The summed E-state index contributed by atoms with van der Waals surface area (Å²) < 4.78 is 31.7. The lowest BCUT2D eigenvalue weighted by atomic mass is 9.75. The number of nitrogens with one attached hydrogen (secondary N) is 2. The molecule has 9 nitrogen and oxygen atoms in total. The lowest BCUT2D eigenvalue weighted by Gasteiger charge is -2.45. The molecule has 0 radical (unpaired) electrons. The molecule has 0 aliphatic heterocycles. The third kappa shape index (κ3) is 9.36. The van der Waals surface area contributed by atoms with Crippen LogP contribution in [0.25, 0.3) is 0 Å². The number of carbonyl (C=O) groups excluding carboxylic acids is 1. The molecule has 33 heavy (non-hydrogen) atoms. The second kappa shape index (κ2) is 12.4. The number of aliphatic carboxylic acids is 2. The van der Waals surface area contributed by atoms with Crippen LogP contribution in [0.1, 0.15) is 52.4 Å². The highest BCUT2D eigenvalue weighted by atomic mass is 19.4. The van der Waals surface area contributed by atoms with Gasteiger partial charge in [0, 0.05) is 24.2 Å². The maximum Gasteiger partial charge on any atom is 0.490 e. The Hall–Kier alpha value is -2.08. The number of halogens is 3. The number of rotatable bonds is 8. The first-order valence-electron chi connectivity index (χ1n) is 11.2. The van der Waals surface area contributed by atoms with Gasteiger partial charge in [0.1, 0.15) is 0 Å². The zero-order chi connectivity index (χ0) is 25.4. The fourth-order valence-corrected chi connectivity index (χ4v) is 4.52. The zero-order valence-electron chi connectivity index (χ0n) is 19.7. The van der Waals surface area contributed by atoms with Crippen LogP contribution in [0.2, 0.25) is 0 Å². The number of carbonyl (C=O) groups is 3. The molecule has 2 rings (SSSR count). The lowest BCUT2D eigenvalue weighted by molar-refractivity contribution is -0.192. The molecule has 2 fully saturated rings. The molecule has 0 saturated heterocycles. The third-order valence-corrected chi connectivity index (χ3v) is 6.55. The molecule has 4 N–H and O–H groups in total. The molecule has 192 valence electrons. The van der Waals surface area contributed by atoms with E-state index in [9.17, 15) is 22.8 Å². The highest BCUT2D eigenvalue weighted by molar-refractivity contribution is 5.74. The van der Waals surface area contributed by atoms with Gasteiger partial charge in [-0.25, -0.2) is 9.59 Å². The number of nitrogens with zero attached hydrogens (tertiary/aromatic N) is 2. The Morgan fingerprint density at radius 1 is 1.15 bits per heavy atom. The number of amides is 2. The molecule has 0 heterocycles. The maximum atomic E-state index is 12.3. The van der Waals surface area contributed by atoms with E-state index >= 15 is 0 Å². The molecule has 0 aromatic rings. The van der Waals surface area contributed by atoms with Crippen molar-refractivity contribution in [2.24, 2.45) is 5.92 Å². The van der Waals surface area contributed by atoms with E-state index in [1.165, 1.54) is 12.8 Å². The smallest absolute Gasteiger partial charge is 0.480 e. The van der Waals surface area contributed by atoms with Gasteiger partial charge in [0.2, 0.25) is 0 Å². The predicted octanol–water partition coefficient (Wildman–Crippen LogP) is 2.37. The molecule has 2 atom stereocenters. The Labute approximate surface area is 192 Å². The summed E-state index contributed by atoms with van der Waals surface area (Å²) in [6.07, 6.45) is 1.29. The van der Waals surface area contributed by atoms with Crippen LogP contribution in [0.3, 0.4) is 0 Å². The van der Waals surface area contributed by atoms with Crippen LogP contribution in [0.4, 0.5) is 18.0 Å². The number of likely N-dealkylation sites (N-methyl/N-ethyl adjacent to an activating group) is 2. The Morgan fingerprint density at radius 2 is 1.73 bits per heavy atom. The largest absolute Gasteiger partial charge is 0.490 e. The quantitative estimate of drug-likeness (QED) is 0.419. The first-order valence-corrected chi connectivity index (χ1v) is 11.2. The first kappa shape index (κ1) is 29.0. The molecule has 2 aliphatic rings. The Bertz CT molecular complexity index is 671. The van der Waals surface area contributed by atoms with Crippen molar-refractivity contribution in [3.05, 3.63) is 0 Å². The predicted molar refractivity (Wildman–Crippen MR) is 116 cm³/mol. The Balaban J connectivity index is 0.000000675. The van der Waals surface area contributed by atoms with Gasteiger partial charge in [-0.3, -0.25) is 9.69 Å². The first-order chi connectivity index (χ1) is 15.2. The van der Waals surface area contributed by atoms with Gasteiger partial charge in [-0.2, -0.15) is 13.2 Å². The minimum Gasteiger partial charge on any atom is -0.480 e. The van der Waals surface area contributed by atoms with Crippen LogP contribution in [-0.4, -0.2) is 95.5 Å². The third-order valence-electron chi connectivity index (χ3n) is 6.55. The van der Waals surface area contributed by atoms with Gasteiger partial charge < -0.3 is 25.7 Å². The molecule has 0 aromatic heterocycles. The number of carboxylic acid groups (broad SMARTS) is 2. The van der Waals surface area contributed by atoms with Gasteiger partial charge in [-0.15, -0.1) is 0 Å². The van der Waals surface area contributed by atoms with Gasteiger partial charge in [-0.05, 0) is 52.2 Å². The van der Waals surface area contributed by atoms with E-state index in [2.05, 4.69) is 36.6 Å². The topological polar surface area (TPSA) is 122 Å². The van der Waals surface area contributed by atoms with Crippen LogP contribution in [0.15, 0.2) is 0 Å². The van der Waals surface area contributed by atoms with E-state index in [4.69, 9.17) is 15.0 Å². The summed E-state index contributed by atoms with van der Waals surface area (Å²) in [7, 11) is 4.21. The average molecular weight is 483 g/mol. The number of hydrogen-bond acceptors (Lipinski definition) is 5. The van der Waals surface area contributed by atoms with Gasteiger partial charge in [0.05, 0.1) is 6.54 Å². The number of carboxylic acids is 2. The number of hydrogen-bond donors (Lipinski definition) is 4. The molecular formula is C21H37F3N4O5. The summed E-state index contributed by atoms with van der Waals surface area (Å²) in [5.74, 6) is -2.86. The Kier molecular flexibility index (Phi) is 10.9. The van der Waals surface area contributed by atoms with Crippen molar-refractivity contribution in [2.45, 2.75) is 76.2 Å². The van der Waals surface area contributed by atoms with E-state index in [0.29, 0.717) is 12.5 Å². The molecule has 2 amide bonds. The summed E-state index contributed by atoms with van der Waals surface area (Å²) in [6.45, 7) is 5.74. The van der Waals surface area contributed by atoms with E-state index in [1.54, 1.807) is 0 Å². The second-order valence-corrected chi connectivity index (χ2v) is 9.23. The molecule has 2 aliphatic carbocycles. The molecule has 0 spiro atoms. The molecule has 0 aromatic carbocycles. The van der Waals surface area contributed by atoms with Gasteiger partial charge >= 0.3 is 24.1 Å². The van der Waals surface area contributed by atoms with Gasteiger partial charge in [0.25, 0.3) is 0 Å². The van der Waals surface area contributed by atoms with Crippen molar-refractivity contribution < 1.29 is 37.8 Å². The van der Waals surface area contributed by atoms with Crippen LogP contribution in [-0.2, 0) is 9.59 Å². The van der Waals surface area contributed by atoms with E-state index in [0.717, 1.165) is 32.2 Å². The monoisotopic (exact) mass is 482 g/mol. The lowest BCUT2D eigenvalue weighted by Crippen LogP contribution is -2.59.